The highest BCUT2D eigenvalue weighted by atomic mass is 35.5. The monoisotopic (exact) mass is 312 g/mol. The van der Waals surface area contributed by atoms with Gasteiger partial charge in [-0.15, -0.1) is 0 Å². The summed E-state index contributed by atoms with van der Waals surface area (Å²) in [6, 6.07) is 5.88. The van der Waals surface area contributed by atoms with Crippen molar-refractivity contribution in [3.05, 3.63) is 45.2 Å². The third-order valence-electron chi connectivity index (χ3n) is 2.30. The molecule has 0 saturated heterocycles. The van der Waals surface area contributed by atoms with Gasteiger partial charge < -0.3 is 14.8 Å². The number of rotatable bonds is 4. The lowest BCUT2D eigenvalue weighted by Gasteiger charge is -2.07. The van der Waals surface area contributed by atoms with E-state index in [-0.39, 0.29) is 21.6 Å². The van der Waals surface area contributed by atoms with Gasteiger partial charge in [-0.25, -0.2) is 4.79 Å². The van der Waals surface area contributed by atoms with Crippen molar-refractivity contribution < 1.29 is 14.6 Å². The van der Waals surface area contributed by atoms with Gasteiger partial charge in [0.15, 0.2) is 5.16 Å². The number of aromatic nitrogens is 2. The van der Waals surface area contributed by atoms with Gasteiger partial charge in [-0.2, -0.15) is 4.98 Å². The molecular weight excluding hydrogens is 304 g/mol. The van der Waals surface area contributed by atoms with Gasteiger partial charge in [0.25, 0.3) is 5.56 Å². The lowest BCUT2D eigenvalue weighted by Crippen LogP contribution is -2.08. The molecule has 104 valence electrons. The number of hydrogen-bond acceptors (Lipinski definition) is 5. The number of aromatic carboxylic acids is 1. The predicted molar refractivity (Wildman–Crippen MR) is 73.9 cm³/mol. The van der Waals surface area contributed by atoms with E-state index in [0.29, 0.717) is 4.90 Å². The third-order valence-corrected chi connectivity index (χ3v) is 3.56. The zero-order chi connectivity index (χ0) is 14.7. The lowest BCUT2D eigenvalue weighted by atomic mass is 10.2. The average molecular weight is 313 g/mol. The van der Waals surface area contributed by atoms with E-state index < -0.39 is 11.5 Å². The number of halogens is 1. The number of aromatic amines is 1. The van der Waals surface area contributed by atoms with Crippen molar-refractivity contribution in [2.24, 2.45) is 0 Å². The molecule has 1 aromatic heterocycles. The highest BCUT2D eigenvalue weighted by molar-refractivity contribution is 7.99. The summed E-state index contributed by atoms with van der Waals surface area (Å²) in [4.78, 5) is 29.5. The van der Waals surface area contributed by atoms with E-state index in [0.717, 1.165) is 11.8 Å². The van der Waals surface area contributed by atoms with Crippen LogP contribution in [-0.2, 0) is 0 Å². The van der Waals surface area contributed by atoms with Gasteiger partial charge in [0.1, 0.15) is 0 Å². The van der Waals surface area contributed by atoms with Crippen LogP contribution in [0.3, 0.4) is 0 Å². The normalized spacial score (nSPS) is 10.3. The molecule has 2 N–H and O–H groups in total. The first-order chi connectivity index (χ1) is 9.51. The van der Waals surface area contributed by atoms with E-state index in [4.69, 9.17) is 21.4 Å². The molecule has 0 saturated carbocycles. The highest BCUT2D eigenvalue weighted by Crippen LogP contribution is 2.32. The largest absolute Gasteiger partial charge is 0.481 e. The van der Waals surface area contributed by atoms with E-state index in [9.17, 15) is 9.59 Å². The standard InChI is InChI=1S/C12H9ClN2O4S/c1-19-9-5-8(16)14-12(15-9)20-7-4-2-3-6(13)10(7)11(17)18/h2-5H,1H3,(H,17,18)(H,14,15,16). The Kier molecular flexibility index (Phi) is 4.31. The molecular formula is C12H9ClN2O4S. The van der Waals surface area contributed by atoms with Crippen LogP contribution in [0.25, 0.3) is 0 Å². The molecule has 0 bridgehead atoms. The summed E-state index contributed by atoms with van der Waals surface area (Å²) < 4.78 is 4.89. The van der Waals surface area contributed by atoms with E-state index in [1.165, 1.54) is 19.2 Å². The average Bonchev–Trinajstić information content (AvgIpc) is 2.37. The molecule has 8 heteroatoms. The van der Waals surface area contributed by atoms with Crippen molar-refractivity contribution in [2.75, 3.05) is 7.11 Å². The van der Waals surface area contributed by atoms with Gasteiger partial charge in [0.2, 0.25) is 5.88 Å². The van der Waals surface area contributed by atoms with E-state index >= 15 is 0 Å². The number of carboxylic acids is 1. The maximum Gasteiger partial charge on any atom is 0.338 e. The quantitative estimate of drug-likeness (QED) is 0.841. The van der Waals surface area contributed by atoms with Crippen molar-refractivity contribution in [1.29, 1.82) is 0 Å². The van der Waals surface area contributed by atoms with Crippen LogP contribution in [0.2, 0.25) is 5.02 Å². The molecule has 0 amide bonds. The molecule has 0 atom stereocenters. The zero-order valence-corrected chi connectivity index (χ0v) is 11.8. The summed E-state index contributed by atoms with van der Waals surface area (Å²) in [6.45, 7) is 0. The van der Waals surface area contributed by atoms with Gasteiger partial charge in [0.05, 0.1) is 23.8 Å². The minimum absolute atomic E-state index is 0.0374. The first-order valence-electron chi connectivity index (χ1n) is 5.36. The van der Waals surface area contributed by atoms with Crippen molar-refractivity contribution in [2.45, 2.75) is 10.1 Å². The lowest BCUT2D eigenvalue weighted by molar-refractivity contribution is 0.0693. The Balaban J connectivity index is 2.45. The molecule has 6 nitrogen and oxygen atoms in total. The van der Waals surface area contributed by atoms with Crippen LogP contribution < -0.4 is 10.3 Å². The van der Waals surface area contributed by atoms with Crippen LogP contribution in [0, 0.1) is 0 Å². The minimum atomic E-state index is -1.15. The van der Waals surface area contributed by atoms with Crippen LogP contribution in [0.15, 0.2) is 39.1 Å². The van der Waals surface area contributed by atoms with Gasteiger partial charge in [0, 0.05) is 4.90 Å². The maximum absolute atomic E-state index is 11.4. The molecule has 0 radical (unpaired) electrons. The summed E-state index contributed by atoms with van der Waals surface area (Å²) in [5.41, 5.74) is -0.428. The molecule has 0 unspecified atom stereocenters. The molecule has 0 aliphatic heterocycles. The van der Waals surface area contributed by atoms with E-state index in [1.807, 2.05) is 0 Å². The van der Waals surface area contributed by atoms with Crippen molar-refractivity contribution >= 4 is 29.3 Å². The number of benzene rings is 1. The Hall–Kier alpha value is -1.99. The Morgan fingerprint density at radius 1 is 1.50 bits per heavy atom. The molecule has 2 aromatic rings. The second-order valence-electron chi connectivity index (χ2n) is 3.61. The second-order valence-corrected chi connectivity index (χ2v) is 5.05. The molecule has 20 heavy (non-hydrogen) atoms. The van der Waals surface area contributed by atoms with Crippen LogP contribution in [0.4, 0.5) is 0 Å². The maximum atomic E-state index is 11.4. The second kappa shape index (κ2) is 5.98. The molecule has 1 heterocycles. The summed E-state index contributed by atoms with van der Waals surface area (Å²) in [7, 11) is 1.39. The molecule has 1 aromatic carbocycles. The van der Waals surface area contributed by atoms with Crippen LogP contribution in [-0.4, -0.2) is 28.2 Å². The fourth-order valence-corrected chi connectivity index (χ4v) is 2.72. The highest BCUT2D eigenvalue weighted by Gasteiger charge is 2.16. The SMILES string of the molecule is COc1cc(=O)[nH]c(Sc2cccc(Cl)c2C(=O)O)n1. The zero-order valence-electron chi connectivity index (χ0n) is 10.2. The number of carboxylic acid groups (broad SMARTS) is 1. The van der Waals surface area contributed by atoms with Crippen molar-refractivity contribution in [3.63, 3.8) is 0 Å². The van der Waals surface area contributed by atoms with Gasteiger partial charge in [-0.05, 0) is 12.1 Å². The summed E-state index contributed by atoms with van der Waals surface area (Å²) in [6.07, 6.45) is 0. The number of nitrogens with one attached hydrogen (secondary N) is 1. The number of hydrogen-bond donors (Lipinski definition) is 2. The molecule has 0 fully saturated rings. The van der Waals surface area contributed by atoms with Gasteiger partial charge >= 0.3 is 5.97 Å². The molecule has 0 spiro atoms. The first-order valence-corrected chi connectivity index (χ1v) is 6.55. The molecule has 0 aliphatic carbocycles. The number of nitrogens with zero attached hydrogens (tertiary/aromatic N) is 1. The van der Waals surface area contributed by atoms with E-state index in [2.05, 4.69) is 9.97 Å². The van der Waals surface area contributed by atoms with Crippen LogP contribution in [0.1, 0.15) is 10.4 Å². The van der Waals surface area contributed by atoms with Gasteiger partial charge in [-0.1, -0.05) is 29.4 Å². The Morgan fingerprint density at radius 2 is 2.25 bits per heavy atom. The number of carbonyl (C=O) groups is 1. The Labute approximate surface area is 122 Å². The molecule has 2 rings (SSSR count). The first kappa shape index (κ1) is 14.4. The Morgan fingerprint density at radius 3 is 2.90 bits per heavy atom. The van der Waals surface area contributed by atoms with Crippen molar-refractivity contribution in [1.82, 2.24) is 9.97 Å². The van der Waals surface area contributed by atoms with Gasteiger partial charge in [-0.3, -0.25) is 4.79 Å². The number of ether oxygens (including phenoxy) is 1. The summed E-state index contributed by atoms with van der Waals surface area (Å²) in [5, 5.41) is 9.50. The Bertz CT molecular complexity index is 717. The van der Waals surface area contributed by atoms with E-state index in [1.54, 1.807) is 12.1 Å². The summed E-state index contributed by atoms with van der Waals surface area (Å²) in [5.74, 6) is -1.00. The topological polar surface area (TPSA) is 92.3 Å². The fourth-order valence-electron chi connectivity index (χ4n) is 1.47. The fraction of sp³-hybridized carbons (Fsp3) is 0.0833. The molecule has 0 aliphatic rings. The smallest absolute Gasteiger partial charge is 0.338 e. The predicted octanol–water partition coefficient (Wildman–Crippen LogP) is 2.28. The third kappa shape index (κ3) is 3.12. The van der Waals surface area contributed by atoms with Crippen molar-refractivity contribution in [3.8, 4) is 5.88 Å². The minimum Gasteiger partial charge on any atom is -0.481 e. The van der Waals surface area contributed by atoms with Crippen LogP contribution >= 0.6 is 23.4 Å². The van der Waals surface area contributed by atoms with Crippen LogP contribution in [0.5, 0.6) is 5.88 Å². The number of H-pyrrole nitrogens is 1. The number of methoxy groups -OCH3 is 1. The summed E-state index contributed by atoms with van der Waals surface area (Å²) >= 11 is 6.86.